The standard InChI is InChI=1S/C14H20BrF2N3O2/c1-9(8-21-3)20-14(18-2)19-7-10-6-11(15)4-5-12(10)22-13(16)17/h4-6,9,13H,7-8H2,1-3H3,(H2,18,19,20). The second kappa shape index (κ2) is 9.58. The molecule has 0 aliphatic carbocycles. The van der Waals surface area contributed by atoms with E-state index in [4.69, 9.17) is 4.74 Å². The molecule has 2 N–H and O–H groups in total. The SMILES string of the molecule is CN=C(NCc1cc(Br)ccc1OC(F)F)NC(C)COC. The molecule has 1 aromatic carbocycles. The van der Waals surface area contributed by atoms with E-state index in [0.29, 0.717) is 24.7 Å². The van der Waals surface area contributed by atoms with Gasteiger partial charge in [-0.2, -0.15) is 8.78 Å². The normalized spacial score (nSPS) is 13.1. The van der Waals surface area contributed by atoms with Crippen molar-refractivity contribution in [3.63, 3.8) is 0 Å². The van der Waals surface area contributed by atoms with Gasteiger partial charge in [0.05, 0.1) is 6.61 Å². The van der Waals surface area contributed by atoms with Crippen molar-refractivity contribution in [1.29, 1.82) is 0 Å². The van der Waals surface area contributed by atoms with Gasteiger partial charge in [-0.1, -0.05) is 15.9 Å². The zero-order chi connectivity index (χ0) is 16.5. The molecule has 5 nitrogen and oxygen atoms in total. The van der Waals surface area contributed by atoms with E-state index < -0.39 is 6.61 Å². The number of hydrogen-bond acceptors (Lipinski definition) is 3. The van der Waals surface area contributed by atoms with Gasteiger partial charge in [0.25, 0.3) is 0 Å². The van der Waals surface area contributed by atoms with Gasteiger partial charge in [0.2, 0.25) is 0 Å². The van der Waals surface area contributed by atoms with Crippen LogP contribution in [-0.4, -0.2) is 39.4 Å². The van der Waals surface area contributed by atoms with E-state index in [2.05, 4.69) is 36.3 Å². The van der Waals surface area contributed by atoms with E-state index in [9.17, 15) is 8.78 Å². The fourth-order valence-electron chi connectivity index (χ4n) is 1.80. The first-order chi connectivity index (χ1) is 10.5. The number of guanidine groups is 1. The lowest BCUT2D eigenvalue weighted by Crippen LogP contribution is -2.43. The topological polar surface area (TPSA) is 54.9 Å². The fourth-order valence-corrected chi connectivity index (χ4v) is 2.20. The minimum Gasteiger partial charge on any atom is -0.434 e. The van der Waals surface area contributed by atoms with Crippen LogP contribution in [0.1, 0.15) is 12.5 Å². The third kappa shape index (κ3) is 6.57. The summed E-state index contributed by atoms with van der Waals surface area (Å²) in [7, 11) is 3.25. The highest BCUT2D eigenvalue weighted by atomic mass is 79.9. The fraction of sp³-hybridized carbons (Fsp3) is 0.500. The number of benzene rings is 1. The van der Waals surface area contributed by atoms with Crippen LogP contribution in [0.15, 0.2) is 27.7 Å². The highest BCUT2D eigenvalue weighted by Gasteiger charge is 2.11. The van der Waals surface area contributed by atoms with Crippen LogP contribution in [0.4, 0.5) is 8.78 Å². The molecule has 0 radical (unpaired) electrons. The molecule has 1 unspecified atom stereocenters. The quantitative estimate of drug-likeness (QED) is 0.564. The van der Waals surface area contributed by atoms with Crippen molar-refractivity contribution < 1.29 is 18.3 Å². The Balaban J connectivity index is 2.71. The van der Waals surface area contributed by atoms with Crippen molar-refractivity contribution in [3.8, 4) is 5.75 Å². The molecule has 124 valence electrons. The van der Waals surface area contributed by atoms with Crippen LogP contribution in [-0.2, 0) is 11.3 Å². The van der Waals surface area contributed by atoms with Crippen molar-refractivity contribution in [2.45, 2.75) is 26.1 Å². The Kier molecular flexibility index (Phi) is 8.11. The lowest BCUT2D eigenvalue weighted by molar-refractivity contribution is -0.0504. The summed E-state index contributed by atoms with van der Waals surface area (Å²) in [5.41, 5.74) is 0.594. The minimum atomic E-state index is -2.86. The van der Waals surface area contributed by atoms with Crippen LogP contribution in [0.5, 0.6) is 5.75 Å². The Labute approximate surface area is 137 Å². The van der Waals surface area contributed by atoms with E-state index in [0.717, 1.165) is 4.47 Å². The molecule has 0 bridgehead atoms. The van der Waals surface area contributed by atoms with Gasteiger partial charge in [0, 0.05) is 36.8 Å². The van der Waals surface area contributed by atoms with Crippen LogP contribution in [0.3, 0.4) is 0 Å². The summed E-state index contributed by atoms with van der Waals surface area (Å²) in [6.07, 6.45) is 0. The number of alkyl halides is 2. The average molecular weight is 380 g/mol. The van der Waals surface area contributed by atoms with Gasteiger partial charge in [-0.3, -0.25) is 4.99 Å². The number of ether oxygens (including phenoxy) is 2. The van der Waals surface area contributed by atoms with Gasteiger partial charge >= 0.3 is 6.61 Å². The first kappa shape index (κ1) is 18.6. The van der Waals surface area contributed by atoms with Gasteiger partial charge < -0.3 is 20.1 Å². The number of rotatable bonds is 7. The third-order valence-corrected chi connectivity index (χ3v) is 3.20. The summed E-state index contributed by atoms with van der Waals surface area (Å²) in [5, 5.41) is 6.18. The zero-order valence-electron chi connectivity index (χ0n) is 12.7. The molecule has 0 aliphatic rings. The smallest absolute Gasteiger partial charge is 0.387 e. The first-order valence-electron chi connectivity index (χ1n) is 6.65. The molecule has 0 fully saturated rings. The van der Waals surface area contributed by atoms with Crippen molar-refractivity contribution in [3.05, 3.63) is 28.2 Å². The average Bonchev–Trinajstić information content (AvgIpc) is 2.45. The van der Waals surface area contributed by atoms with Gasteiger partial charge in [0.15, 0.2) is 5.96 Å². The molecular formula is C14H20BrF2N3O2. The molecule has 22 heavy (non-hydrogen) atoms. The molecule has 0 aliphatic heterocycles. The molecule has 1 atom stereocenters. The molecular weight excluding hydrogens is 360 g/mol. The van der Waals surface area contributed by atoms with E-state index >= 15 is 0 Å². The van der Waals surface area contributed by atoms with Crippen LogP contribution >= 0.6 is 15.9 Å². The maximum Gasteiger partial charge on any atom is 0.387 e. The summed E-state index contributed by atoms with van der Waals surface area (Å²) in [4.78, 5) is 4.08. The summed E-state index contributed by atoms with van der Waals surface area (Å²) >= 11 is 3.31. The molecule has 1 rings (SSSR count). The lowest BCUT2D eigenvalue weighted by atomic mass is 10.2. The minimum absolute atomic E-state index is 0.0653. The van der Waals surface area contributed by atoms with E-state index in [1.807, 2.05) is 6.92 Å². The van der Waals surface area contributed by atoms with Gasteiger partial charge in [-0.15, -0.1) is 0 Å². The number of hydrogen-bond donors (Lipinski definition) is 2. The van der Waals surface area contributed by atoms with Crippen molar-refractivity contribution in [1.82, 2.24) is 10.6 Å². The molecule has 8 heteroatoms. The lowest BCUT2D eigenvalue weighted by Gasteiger charge is -2.18. The van der Waals surface area contributed by atoms with Crippen molar-refractivity contribution >= 4 is 21.9 Å². The predicted molar refractivity (Wildman–Crippen MR) is 85.4 cm³/mol. The molecule has 0 heterocycles. The molecule has 0 amide bonds. The molecule has 0 saturated carbocycles. The zero-order valence-corrected chi connectivity index (χ0v) is 14.3. The monoisotopic (exact) mass is 379 g/mol. The van der Waals surface area contributed by atoms with Gasteiger partial charge in [-0.05, 0) is 25.1 Å². The summed E-state index contributed by atoms with van der Waals surface area (Å²) in [6.45, 7) is -0.0991. The van der Waals surface area contributed by atoms with Gasteiger partial charge in [0.1, 0.15) is 5.75 Å². The Hall–Kier alpha value is -1.41. The maximum absolute atomic E-state index is 12.4. The highest BCUT2D eigenvalue weighted by molar-refractivity contribution is 9.10. The predicted octanol–water partition coefficient (Wildman–Crippen LogP) is 2.75. The van der Waals surface area contributed by atoms with E-state index in [1.165, 1.54) is 6.07 Å². The van der Waals surface area contributed by atoms with Crippen LogP contribution in [0.25, 0.3) is 0 Å². The van der Waals surface area contributed by atoms with Crippen molar-refractivity contribution in [2.24, 2.45) is 4.99 Å². The van der Waals surface area contributed by atoms with E-state index in [-0.39, 0.29) is 11.8 Å². The Morgan fingerprint density at radius 3 is 2.73 bits per heavy atom. The van der Waals surface area contributed by atoms with Gasteiger partial charge in [-0.25, -0.2) is 0 Å². The summed E-state index contributed by atoms with van der Waals surface area (Å²) in [6, 6.07) is 4.93. The summed E-state index contributed by atoms with van der Waals surface area (Å²) in [5.74, 6) is 0.679. The number of nitrogens with zero attached hydrogens (tertiary/aromatic N) is 1. The molecule has 0 aromatic heterocycles. The van der Waals surface area contributed by atoms with E-state index in [1.54, 1.807) is 26.3 Å². The van der Waals surface area contributed by atoms with Crippen LogP contribution < -0.4 is 15.4 Å². The van der Waals surface area contributed by atoms with Crippen molar-refractivity contribution in [2.75, 3.05) is 20.8 Å². The first-order valence-corrected chi connectivity index (χ1v) is 7.45. The number of halogens is 3. The highest BCUT2D eigenvalue weighted by Crippen LogP contribution is 2.24. The third-order valence-electron chi connectivity index (χ3n) is 2.71. The molecule has 0 spiro atoms. The Bertz CT molecular complexity index is 501. The number of aliphatic imine (C=N–C) groups is 1. The number of methoxy groups -OCH3 is 1. The Morgan fingerprint density at radius 1 is 1.41 bits per heavy atom. The second-order valence-electron chi connectivity index (χ2n) is 4.56. The molecule has 1 aromatic rings. The Morgan fingerprint density at radius 2 is 2.14 bits per heavy atom. The number of nitrogens with one attached hydrogen (secondary N) is 2. The summed E-state index contributed by atoms with van der Waals surface area (Å²) < 4.78 is 35.2. The van der Waals surface area contributed by atoms with Crippen LogP contribution in [0.2, 0.25) is 0 Å². The maximum atomic E-state index is 12.4. The largest absolute Gasteiger partial charge is 0.434 e. The molecule has 0 saturated heterocycles. The second-order valence-corrected chi connectivity index (χ2v) is 5.47. The van der Waals surface area contributed by atoms with Crippen LogP contribution in [0, 0.1) is 0 Å².